The average molecular weight is 413 g/mol. The number of rotatable bonds is 3. The molecule has 2 atom stereocenters. The van der Waals surface area contributed by atoms with Crippen molar-refractivity contribution in [1.29, 1.82) is 0 Å². The summed E-state index contributed by atoms with van der Waals surface area (Å²) in [4.78, 5) is 12.3. The molecule has 0 radical (unpaired) electrons. The van der Waals surface area contributed by atoms with E-state index in [0.717, 1.165) is 18.7 Å². The number of alkyl halides is 3. The molecule has 0 aliphatic carbocycles. The zero-order valence-corrected chi connectivity index (χ0v) is 16.0. The van der Waals surface area contributed by atoms with Crippen molar-refractivity contribution in [2.75, 3.05) is 5.75 Å². The Morgan fingerprint density at radius 2 is 2.11 bits per heavy atom. The van der Waals surface area contributed by atoms with Gasteiger partial charge in [0, 0.05) is 19.3 Å². The third-order valence-electron chi connectivity index (χ3n) is 4.86. The van der Waals surface area contributed by atoms with Crippen LogP contribution in [-0.2, 0) is 30.6 Å². The van der Waals surface area contributed by atoms with Crippen LogP contribution in [0.25, 0.3) is 22.6 Å². The predicted octanol–water partition coefficient (Wildman–Crippen LogP) is 2.81. The van der Waals surface area contributed by atoms with Gasteiger partial charge in [0.2, 0.25) is 0 Å². The molecular weight excluding hydrogens is 395 g/mol. The molecule has 3 aromatic heterocycles. The predicted molar refractivity (Wildman–Crippen MR) is 95.9 cm³/mol. The molecule has 0 saturated heterocycles. The van der Waals surface area contributed by atoms with Crippen LogP contribution in [0, 0.1) is 0 Å². The first kappa shape index (κ1) is 19.1. The molecule has 3 aromatic rings. The number of imidazole rings is 2. The van der Waals surface area contributed by atoms with Crippen molar-refractivity contribution in [3.05, 3.63) is 23.8 Å². The Hall–Kier alpha value is -2.27. The smallest absolute Gasteiger partial charge is 0.385 e. The molecule has 1 aliphatic rings. The van der Waals surface area contributed by atoms with Gasteiger partial charge >= 0.3 is 6.18 Å². The van der Waals surface area contributed by atoms with E-state index < -0.39 is 28.8 Å². The highest BCUT2D eigenvalue weighted by molar-refractivity contribution is 7.85. The largest absolute Gasteiger partial charge is 0.433 e. The first-order valence-electron chi connectivity index (χ1n) is 8.79. The summed E-state index contributed by atoms with van der Waals surface area (Å²) in [7, 11) is 0.262. The maximum Gasteiger partial charge on any atom is 0.433 e. The third-order valence-corrected chi connectivity index (χ3v) is 6.22. The van der Waals surface area contributed by atoms with Crippen LogP contribution < -0.4 is 0 Å². The zero-order valence-electron chi connectivity index (χ0n) is 15.2. The number of aliphatic hydroxyl groups is 1. The summed E-state index contributed by atoms with van der Waals surface area (Å²) in [6, 6.07) is 0.889. The van der Waals surface area contributed by atoms with E-state index in [9.17, 15) is 22.5 Å². The quantitative estimate of drug-likeness (QED) is 0.714. The molecule has 150 valence electrons. The molecule has 1 aliphatic heterocycles. The number of pyridine rings is 1. The van der Waals surface area contributed by atoms with Gasteiger partial charge in [0.15, 0.2) is 5.82 Å². The molecule has 0 amide bonds. The summed E-state index contributed by atoms with van der Waals surface area (Å²) in [5.74, 6) is 1.05. The maximum atomic E-state index is 13.0. The fourth-order valence-corrected chi connectivity index (χ4v) is 4.52. The minimum Gasteiger partial charge on any atom is -0.385 e. The van der Waals surface area contributed by atoms with Gasteiger partial charge in [-0.1, -0.05) is 6.92 Å². The van der Waals surface area contributed by atoms with Crippen molar-refractivity contribution in [2.45, 2.75) is 43.6 Å². The first-order chi connectivity index (χ1) is 13.2. The number of aliphatic hydroxyl groups excluding tert-OH is 1. The lowest BCUT2D eigenvalue weighted by Crippen LogP contribution is -2.18. The van der Waals surface area contributed by atoms with Gasteiger partial charge in [0.1, 0.15) is 28.3 Å². The number of hydrogen-bond acceptors (Lipinski definition) is 5. The Morgan fingerprint density at radius 1 is 1.36 bits per heavy atom. The van der Waals surface area contributed by atoms with Crippen molar-refractivity contribution >= 4 is 21.8 Å². The Morgan fingerprint density at radius 3 is 2.79 bits per heavy atom. The topological polar surface area (TPSA) is 85.8 Å². The first-order valence-corrected chi connectivity index (χ1v) is 10.1. The minimum absolute atomic E-state index is 0.125. The van der Waals surface area contributed by atoms with Crippen LogP contribution in [0.5, 0.6) is 0 Å². The zero-order chi connectivity index (χ0) is 20.2. The molecule has 0 spiro atoms. The molecule has 4 rings (SSSR count). The number of aromatic nitrogens is 5. The Labute approximate surface area is 160 Å². The Balaban J connectivity index is 1.95. The second-order valence-corrected chi connectivity index (χ2v) is 8.27. The lowest BCUT2D eigenvalue weighted by molar-refractivity contribution is -0.141. The van der Waals surface area contributed by atoms with Gasteiger partial charge in [-0.05, 0) is 18.9 Å². The van der Waals surface area contributed by atoms with E-state index in [1.54, 1.807) is 23.1 Å². The number of aryl methyl sites for hydroxylation is 1. The fraction of sp³-hybridized carbons (Fsp3) is 0.471. The molecular formula is C17H18F3N5O2S. The highest BCUT2D eigenvalue weighted by Gasteiger charge is 2.34. The lowest BCUT2D eigenvalue weighted by atomic mass is 10.1. The molecule has 28 heavy (non-hydrogen) atoms. The van der Waals surface area contributed by atoms with Crippen molar-refractivity contribution in [3.63, 3.8) is 0 Å². The molecule has 1 N–H and O–H groups in total. The Kier molecular flexibility index (Phi) is 4.53. The van der Waals surface area contributed by atoms with Gasteiger partial charge in [-0.25, -0.2) is 15.0 Å². The van der Waals surface area contributed by atoms with Gasteiger partial charge in [-0.15, -0.1) is 0 Å². The van der Waals surface area contributed by atoms with Crippen molar-refractivity contribution in [1.82, 2.24) is 24.1 Å². The highest BCUT2D eigenvalue weighted by atomic mass is 32.2. The SMILES string of the molecule is CCS(=O)c1c(-c2nc3cc(C(F)(F)F)ncc3n2C)nc2n1CCCC2O. The van der Waals surface area contributed by atoms with E-state index in [2.05, 4.69) is 15.0 Å². The van der Waals surface area contributed by atoms with Crippen LogP contribution in [0.15, 0.2) is 17.3 Å². The number of hydrogen-bond donors (Lipinski definition) is 1. The minimum atomic E-state index is -4.57. The number of fused-ring (bicyclic) bond motifs is 2. The van der Waals surface area contributed by atoms with Gasteiger partial charge in [0.05, 0.1) is 28.0 Å². The lowest BCUT2D eigenvalue weighted by Gasteiger charge is -2.20. The van der Waals surface area contributed by atoms with Crippen molar-refractivity contribution in [2.24, 2.45) is 7.05 Å². The molecule has 7 nitrogen and oxygen atoms in total. The molecule has 4 heterocycles. The highest BCUT2D eigenvalue weighted by Crippen LogP contribution is 2.35. The van der Waals surface area contributed by atoms with Crippen LogP contribution in [-0.4, -0.2) is 39.2 Å². The molecule has 11 heteroatoms. The molecule has 0 bridgehead atoms. The van der Waals surface area contributed by atoms with E-state index >= 15 is 0 Å². The molecule has 0 fully saturated rings. The monoisotopic (exact) mass is 413 g/mol. The summed E-state index contributed by atoms with van der Waals surface area (Å²) in [6.07, 6.45) is -2.95. The Bertz CT molecular complexity index is 1090. The molecule has 0 aromatic carbocycles. The summed E-state index contributed by atoms with van der Waals surface area (Å²) in [5, 5.41) is 10.7. The number of halogens is 3. The van der Waals surface area contributed by atoms with Crippen LogP contribution in [0.2, 0.25) is 0 Å². The van der Waals surface area contributed by atoms with Gasteiger partial charge < -0.3 is 14.2 Å². The molecule has 0 saturated carbocycles. The third kappa shape index (κ3) is 2.93. The van der Waals surface area contributed by atoms with Crippen LogP contribution in [0.1, 0.15) is 37.4 Å². The summed E-state index contributed by atoms with van der Waals surface area (Å²) in [5.41, 5.74) is -0.174. The van der Waals surface area contributed by atoms with Crippen molar-refractivity contribution in [3.8, 4) is 11.5 Å². The fourth-order valence-electron chi connectivity index (χ4n) is 3.47. The van der Waals surface area contributed by atoms with Crippen LogP contribution in [0.3, 0.4) is 0 Å². The second-order valence-electron chi connectivity index (χ2n) is 6.62. The second kappa shape index (κ2) is 6.66. The van der Waals surface area contributed by atoms with E-state index in [0.29, 0.717) is 46.6 Å². The van der Waals surface area contributed by atoms with E-state index in [1.165, 1.54) is 0 Å². The number of nitrogens with zero attached hydrogens (tertiary/aromatic N) is 5. The van der Waals surface area contributed by atoms with Gasteiger partial charge in [0.25, 0.3) is 0 Å². The van der Waals surface area contributed by atoms with E-state index in [1.807, 2.05) is 0 Å². The molecule has 2 unspecified atom stereocenters. The van der Waals surface area contributed by atoms with Gasteiger partial charge in [-0.2, -0.15) is 13.2 Å². The standard InChI is InChI=1S/C17H18F3N5O2S/c1-3-28(27)16-13(23-14-11(26)5-4-6-25(14)16)15-22-9-7-12(17(18,19)20)21-8-10(9)24(15)2/h7-8,11,26H,3-6H2,1-2H3. The summed E-state index contributed by atoms with van der Waals surface area (Å²) in [6.45, 7) is 2.34. The van der Waals surface area contributed by atoms with Crippen LogP contribution in [0.4, 0.5) is 13.2 Å². The normalized spacial score (nSPS) is 18.4. The summed E-state index contributed by atoms with van der Waals surface area (Å²) >= 11 is 0. The summed E-state index contributed by atoms with van der Waals surface area (Å²) < 4.78 is 55.0. The van der Waals surface area contributed by atoms with E-state index in [-0.39, 0.29) is 5.52 Å². The maximum absolute atomic E-state index is 13.0. The van der Waals surface area contributed by atoms with Crippen LogP contribution >= 0.6 is 0 Å². The van der Waals surface area contributed by atoms with E-state index in [4.69, 9.17) is 0 Å². The van der Waals surface area contributed by atoms with Gasteiger partial charge in [-0.3, -0.25) is 4.21 Å². The van der Waals surface area contributed by atoms with Crippen molar-refractivity contribution < 1.29 is 22.5 Å². The average Bonchev–Trinajstić information content (AvgIpc) is 3.19.